The summed E-state index contributed by atoms with van der Waals surface area (Å²) in [5.74, 6) is -2.27. The van der Waals surface area contributed by atoms with Crippen molar-refractivity contribution in [2.75, 3.05) is 0 Å². The summed E-state index contributed by atoms with van der Waals surface area (Å²) in [5.41, 5.74) is 0.117. The fraction of sp³-hybridized carbons (Fsp3) is 0.500. The van der Waals surface area contributed by atoms with E-state index in [9.17, 15) is 14.7 Å². The van der Waals surface area contributed by atoms with Gasteiger partial charge < -0.3 is 10.2 Å². The highest BCUT2D eigenvalue weighted by Gasteiger charge is 2.36. The summed E-state index contributed by atoms with van der Waals surface area (Å²) >= 11 is 0. The van der Waals surface area contributed by atoms with Gasteiger partial charge in [0.25, 0.3) is 0 Å². The summed E-state index contributed by atoms with van der Waals surface area (Å²) < 4.78 is 0. The molecule has 2 N–H and O–H groups in total. The Morgan fingerprint density at radius 3 is 1.56 bits per heavy atom. The van der Waals surface area contributed by atoms with E-state index in [1.54, 1.807) is 27.7 Å². The second-order valence-electron chi connectivity index (χ2n) is 4.36. The lowest BCUT2D eigenvalue weighted by molar-refractivity contribution is -0.150. The molecule has 0 atom stereocenters. The molecule has 0 unspecified atom stereocenters. The minimum atomic E-state index is -1.44. The maximum Gasteiger partial charge on any atom is 0.318 e. The van der Waals surface area contributed by atoms with Crippen LogP contribution in [-0.2, 0) is 9.59 Å². The summed E-state index contributed by atoms with van der Waals surface area (Å²) in [6.07, 6.45) is 2.52. The molecule has 4 nitrogen and oxygen atoms in total. The van der Waals surface area contributed by atoms with Crippen LogP contribution in [0.3, 0.4) is 0 Å². The van der Waals surface area contributed by atoms with Crippen molar-refractivity contribution in [3.8, 4) is 0 Å². The Morgan fingerprint density at radius 2 is 1.38 bits per heavy atom. The smallest absolute Gasteiger partial charge is 0.318 e. The summed E-state index contributed by atoms with van der Waals surface area (Å²) in [6.45, 7) is 6.99. The van der Waals surface area contributed by atoms with E-state index >= 15 is 0 Å². The van der Waals surface area contributed by atoms with Crippen LogP contribution in [0.25, 0.3) is 0 Å². The van der Waals surface area contributed by atoms with Crippen LogP contribution in [0.5, 0.6) is 0 Å². The fourth-order valence-electron chi connectivity index (χ4n) is 1.62. The molecule has 0 spiro atoms. The van der Waals surface area contributed by atoms with Gasteiger partial charge in [0.05, 0.1) is 6.42 Å². The van der Waals surface area contributed by atoms with Crippen LogP contribution in [0, 0.1) is 5.41 Å². The number of carboxylic acid groups (broad SMARTS) is 2. The van der Waals surface area contributed by atoms with Gasteiger partial charge in [-0.3, -0.25) is 9.59 Å². The highest BCUT2D eigenvalue weighted by Crippen LogP contribution is 2.29. The number of allylic oxidation sites excluding steroid dienone is 2. The maximum atomic E-state index is 11.3. The Balaban J connectivity index is 5.58. The van der Waals surface area contributed by atoms with Crippen LogP contribution in [0.1, 0.15) is 34.1 Å². The van der Waals surface area contributed by atoms with E-state index in [4.69, 9.17) is 5.11 Å². The van der Waals surface area contributed by atoms with Crippen molar-refractivity contribution < 1.29 is 19.8 Å². The Hall–Kier alpha value is -1.58. The molecule has 0 fully saturated rings. The summed E-state index contributed by atoms with van der Waals surface area (Å²) in [5, 5.41) is 18.0. The lowest BCUT2D eigenvalue weighted by atomic mass is 9.81. The average molecular weight is 226 g/mol. The first-order valence-electron chi connectivity index (χ1n) is 4.97. The van der Waals surface area contributed by atoms with E-state index in [1.165, 1.54) is 12.2 Å². The zero-order valence-electron chi connectivity index (χ0n) is 10.1. The van der Waals surface area contributed by atoms with Gasteiger partial charge in [-0.05, 0) is 27.7 Å². The Morgan fingerprint density at radius 1 is 1.00 bits per heavy atom. The summed E-state index contributed by atoms with van der Waals surface area (Å²) in [4.78, 5) is 22.0. The average Bonchev–Trinajstić information content (AvgIpc) is 1.98. The van der Waals surface area contributed by atoms with E-state index < -0.39 is 23.8 Å². The minimum absolute atomic E-state index is 0.446. The first-order valence-corrected chi connectivity index (χ1v) is 4.97. The highest BCUT2D eigenvalue weighted by atomic mass is 16.4. The van der Waals surface area contributed by atoms with E-state index in [0.717, 1.165) is 11.1 Å². The van der Waals surface area contributed by atoms with Gasteiger partial charge >= 0.3 is 11.9 Å². The zero-order valence-corrected chi connectivity index (χ0v) is 10.1. The van der Waals surface area contributed by atoms with Gasteiger partial charge in [0, 0.05) is 0 Å². The van der Waals surface area contributed by atoms with Gasteiger partial charge in [0.2, 0.25) is 0 Å². The minimum Gasteiger partial charge on any atom is -0.481 e. The normalized spacial score (nSPS) is 10.5. The van der Waals surface area contributed by atoms with Gasteiger partial charge in [-0.25, -0.2) is 0 Å². The molecule has 0 radical (unpaired) electrons. The molecule has 0 aliphatic heterocycles. The molecule has 0 saturated heterocycles. The third-order valence-corrected chi connectivity index (χ3v) is 1.93. The Kier molecular flexibility index (Phi) is 4.95. The third kappa shape index (κ3) is 4.29. The summed E-state index contributed by atoms with van der Waals surface area (Å²) in [6, 6.07) is 0. The highest BCUT2D eigenvalue weighted by molar-refractivity contribution is 5.85. The Bertz CT molecular complexity index is 324. The fourth-order valence-corrected chi connectivity index (χ4v) is 1.62. The lowest BCUT2D eigenvalue weighted by Gasteiger charge is -2.21. The molecular weight excluding hydrogens is 208 g/mol. The van der Waals surface area contributed by atoms with Crippen LogP contribution in [0.15, 0.2) is 23.3 Å². The number of carbonyl (C=O) groups is 2. The number of aliphatic carboxylic acids is 2. The Labute approximate surface area is 95.3 Å². The predicted octanol–water partition coefficient (Wildman–Crippen LogP) is 2.46. The molecular formula is C12H18O4. The van der Waals surface area contributed by atoms with Crippen molar-refractivity contribution in [3.63, 3.8) is 0 Å². The van der Waals surface area contributed by atoms with Gasteiger partial charge in [0.1, 0.15) is 5.41 Å². The predicted molar refractivity (Wildman–Crippen MR) is 61.2 cm³/mol. The van der Waals surface area contributed by atoms with E-state index in [0.29, 0.717) is 0 Å². The van der Waals surface area contributed by atoms with Gasteiger partial charge in [-0.1, -0.05) is 23.3 Å². The van der Waals surface area contributed by atoms with E-state index in [-0.39, 0.29) is 0 Å². The van der Waals surface area contributed by atoms with Crippen molar-refractivity contribution in [2.45, 2.75) is 34.1 Å². The third-order valence-electron chi connectivity index (χ3n) is 1.93. The number of hydrogen-bond donors (Lipinski definition) is 2. The van der Waals surface area contributed by atoms with Gasteiger partial charge in [-0.15, -0.1) is 0 Å². The van der Waals surface area contributed by atoms with Gasteiger partial charge in [-0.2, -0.15) is 0 Å². The molecule has 90 valence electrons. The van der Waals surface area contributed by atoms with E-state index in [1.807, 2.05) is 0 Å². The van der Waals surface area contributed by atoms with Crippen molar-refractivity contribution in [3.05, 3.63) is 23.3 Å². The number of carboxylic acids is 2. The molecule has 0 aromatic heterocycles. The molecule has 0 amide bonds. The molecule has 0 aliphatic rings. The monoisotopic (exact) mass is 226 g/mol. The van der Waals surface area contributed by atoms with Crippen LogP contribution >= 0.6 is 0 Å². The first kappa shape index (κ1) is 14.4. The maximum absolute atomic E-state index is 11.3. The molecule has 4 heteroatoms. The van der Waals surface area contributed by atoms with Crippen LogP contribution in [-0.4, -0.2) is 22.2 Å². The van der Waals surface area contributed by atoms with Crippen molar-refractivity contribution in [1.29, 1.82) is 0 Å². The zero-order chi connectivity index (χ0) is 12.9. The number of rotatable bonds is 5. The van der Waals surface area contributed by atoms with Gasteiger partial charge in [0.15, 0.2) is 0 Å². The topological polar surface area (TPSA) is 74.6 Å². The SMILES string of the molecule is CC(C)=CC(C=C(C)C)(CC(=O)O)C(=O)O. The molecule has 0 aromatic rings. The second kappa shape index (κ2) is 5.49. The van der Waals surface area contributed by atoms with Crippen LogP contribution in [0.4, 0.5) is 0 Å². The molecule has 0 rings (SSSR count). The standard InChI is InChI=1S/C12H18O4/c1-8(2)5-12(11(15)16,6-9(3)4)7-10(13)14/h5-6H,7H2,1-4H3,(H,13,14)(H,15,16). The number of hydrogen-bond acceptors (Lipinski definition) is 2. The van der Waals surface area contributed by atoms with Crippen molar-refractivity contribution in [1.82, 2.24) is 0 Å². The largest absolute Gasteiger partial charge is 0.481 e. The molecule has 0 aliphatic carbocycles. The van der Waals surface area contributed by atoms with Crippen molar-refractivity contribution >= 4 is 11.9 Å². The van der Waals surface area contributed by atoms with E-state index in [2.05, 4.69) is 0 Å². The first-order chi connectivity index (χ1) is 7.19. The molecule has 0 aromatic carbocycles. The quantitative estimate of drug-likeness (QED) is 0.706. The molecule has 0 bridgehead atoms. The molecule has 16 heavy (non-hydrogen) atoms. The second-order valence-corrected chi connectivity index (χ2v) is 4.36. The summed E-state index contributed by atoms with van der Waals surface area (Å²) in [7, 11) is 0. The van der Waals surface area contributed by atoms with Crippen LogP contribution in [0.2, 0.25) is 0 Å². The van der Waals surface area contributed by atoms with Crippen molar-refractivity contribution in [2.24, 2.45) is 5.41 Å². The lowest BCUT2D eigenvalue weighted by Crippen LogP contribution is -2.30. The van der Waals surface area contributed by atoms with Crippen LogP contribution < -0.4 is 0 Å². The molecule has 0 saturated carbocycles. The molecule has 0 heterocycles.